The van der Waals surface area contributed by atoms with Gasteiger partial charge in [0, 0.05) is 0 Å². The fourth-order valence-electron chi connectivity index (χ4n) is 1.23. The maximum atomic E-state index is 11.7. The summed E-state index contributed by atoms with van der Waals surface area (Å²) in [6, 6.07) is 6.32. The number of phenols is 1. The second-order valence-corrected chi connectivity index (χ2v) is 3.14. The highest BCUT2D eigenvalue weighted by Crippen LogP contribution is 2.16. The van der Waals surface area contributed by atoms with Gasteiger partial charge in [-0.15, -0.1) is 5.10 Å². The zero-order valence-corrected chi connectivity index (χ0v) is 8.97. The summed E-state index contributed by atoms with van der Waals surface area (Å²) in [6.45, 7) is 0. The molecule has 7 heteroatoms. The van der Waals surface area contributed by atoms with Crippen molar-refractivity contribution >= 4 is 11.9 Å². The molecule has 0 bridgehead atoms. The molecule has 0 saturated carbocycles. The Hall–Kier alpha value is -2.57. The summed E-state index contributed by atoms with van der Waals surface area (Å²) in [5.41, 5.74) is 0.155. The van der Waals surface area contributed by atoms with Gasteiger partial charge in [0.05, 0.1) is 12.7 Å². The van der Waals surface area contributed by atoms with Gasteiger partial charge in [0.1, 0.15) is 5.75 Å². The molecule has 0 radical (unpaired) electrons. The number of rotatable bonds is 3. The highest BCUT2D eigenvalue weighted by atomic mass is 16.5. The first-order valence-corrected chi connectivity index (χ1v) is 4.76. The standard InChI is InChI=1S/C10H10N4O3/c1-17-10-12-9(13-14-10)11-8(16)6-4-2-3-5-7(6)15/h2-5,15H,1H3,(H2,11,12,13,14,16). The van der Waals surface area contributed by atoms with Gasteiger partial charge < -0.3 is 9.84 Å². The van der Waals surface area contributed by atoms with Crippen molar-refractivity contribution in [3.8, 4) is 11.8 Å². The first-order chi connectivity index (χ1) is 8.20. The lowest BCUT2D eigenvalue weighted by molar-refractivity contribution is 0.102. The molecule has 0 aliphatic heterocycles. The van der Waals surface area contributed by atoms with E-state index < -0.39 is 5.91 Å². The minimum Gasteiger partial charge on any atom is -0.507 e. The third-order valence-electron chi connectivity index (χ3n) is 2.03. The van der Waals surface area contributed by atoms with E-state index in [4.69, 9.17) is 4.74 Å². The number of methoxy groups -OCH3 is 1. The summed E-state index contributed by atoms with van der Waals surface area (Å²) in [5.74, 6) is -0.437. The van der Waals surface area contributed by atoms with Crippen molar-refractivity contribution in [2.24, 2.45) is 0 Å². The predicted octanol–water partition coefficient (Wildman–Crippen LogP) is 0.771. The van der Waals surface area contributed by atoms with Crippen molar-refractivity contribution in [1.82, 2.24) is 15.2 Å². The third kappa shape index (κ3) is 2.33. The molecule has 0 aliphatic carbocycles. The molecule has 3 N–H and O–H groups in total. The van der Waals surface area contributed by atoms with Crippen molar-refractivity contribution in [2.75, 3.05) is 12.4 Å². The van der Waals surface area contributed by atoms with Gasteiger partial charge in [0.15, 0.2) is 0 Å². The van der Waals surface area contributed by atoms with Crippen LogP contribution in [0.3, 0.4) is 0 Å². The monoisotopic (exact) mass is 234 g/mol. The molecule has 88 valence electrons. The molecule has 0 fully saturated rings. The molecule has 0 aliphatic rings. The lowest BCUT2D eigenvalue weighted by Gasteiger charge is -2.02. The number of hydrogen-bond donors (Lipinski definition) is 3. The van der Waals surface area contributed by atoms with E-state index >= 15 is 0 Å². The maximum absolute atomic E-state index is 11.7. The zero-order valence-electron chi connectivity index (χ0n) is 8.97. The third-order valence-corrected chi connectivity index (χ3v) is 2.03. The Morgan fingerprint density at radius 2 is 2.24 bits per heavy atom. The van der Waals surface area contributed by atoms with Crippen LogP contribution < -0.4 is 10.1 Å². The van der Waals surface area contributed by atoms with E-state index in [1.54, 1.807) is 12.1 Å². The van der Waals surface area contributed by atoms with Crippen LogP contribution in [0.2, 0.25) is 0 Å². The number of H-pyrrole nitrogens is 1. The van der Waals surface area contributed by atoms with E-state index in [-0.39, 0.29) is 23.3 Å². The number of phenolic OH excluding ortho intramolecular Hbond substituents is 1. The second kappa shape index (κ2) is 4.52. The van der Waals surface area contributed by atoms with Crippen LogP contribution in [0.4, 0.5) is 5.95 Å². The van der Waals surface area contributed by atoms with Gasteiger partial charge in [-0.05, 0) is 12.1 Å². The number of benzene rings is 1. The van der Waals surface area contributed by atoms with Crippen LogP contribution in [-0.2, 0) is 0 Å². The smallest absolute Gasteiger partial charge is 0.336 e. The lowest BCUT2D eigenvalue weighted by atomic mass is 10.2. The second-order valence-electron chi connectivity index (χ2n) is 3.14. The number of nitrogens with one attached hydrogen (secondary N) is 2. The predicted molar refractivity (Wildman–Crippen MR) is 59.0 cm³/mol. The number of carbonyl (C=O) groups is 1. The van der Waals surface area contributed by atoms with Crippen molar-refractivity contribution < 1.29 is 14.6 Å². The summed E-state index contributed by atoms with van der Waals surface area (Å²) >= 11 is 0. The van der Waals surface area contributed by atoms with Gasteiger partial charge in [-0.2, -0.15) is 4.98 Å². The van der Waals surface area contributed by atoms with Crippen LogP contribution in [0.25, 0.3) is 0 Å². The molecule has 1 aromatic carbocycles. The molecule has 7 nitrogen and oxygen atoms in total. The molecular formula is C10H10N4O3. The number of anilines is 1. The van der Waals surface area contributed by atoms with E-state index in [1.165, 1.54) is 19.2 Å². The fourth-order valence-corrected chi connectivity index (χ4v) is 1.23. The molecule has 0 unspecified atom stereocenters. The Kier molecular flexibility index (Phi) is 2.91. The number of para-hydroxylation sites is 1. The first kappa shape index (κ1) is 10.9. The van der Waals surface area contributed by atoms with Gasteiger partial charge in [0.2, 0.25) is 5.95 Å². The van der Waals surface area contributed by atoms with Crippen LogP contribution in [-0.4, -0.2) is 33.3 Å². The average Bonchev–Trinajstić information content (AvgIpc) is 2.77. The number of nitrogens with zero attached hydrogens (tertiary/aromatic N) is 2. The molecule has 0 spiro atoms. The molecule has 1 amide bonds. The van der Waals surface area contributed by atoms with Crippen molar-refractivity contribution in [1.29, 1.82) is 0 Å². The summed E-state index contributed by atoms with van der Waals surface area (Å²) in [5, 5.41) is 18.1. The van der Waals surface area contributed by atoms with Crippen molar-refractivity contribution in [2.45, 2.75) is 0 Å². The normalized spacial score (nSPS) is 9.94. The Labute approximate surface area is 96.5 Å². The largest absolute Gasteiger partial charge is 0.507 e. The number of amides is 1. The van der Waals surface area contributed by atoms with E-state index in [0.29, 0.717) is 0 Å². The van der Waals surface area contributed by atoms with Gasteiger partial charge >= 0.3 is 6.01 Å². The molecule has 0 saturated heterocycles. The molecule has 17 heavy (non-hydrogen) atoms. The fraction of sp³-hybridized carbons (Fsp3) is 0.100. The molecule has 0 atom stereocenters. The number of carbonyl (C=O) groups excluding carboxylic acids is 1. The highest BCUT2D eigenvalue weighted by molar-refractivity contribution is 6.05. The van der Waals surface area contributed by atoms with Crippen LogP contribution in [0, 0.1) is 0 Å². The molecule has 2 rings (SSSR count). The SMILES string of the molecule is COc1n[nH]c(NC(=O)c2ccccc2O)n1. The number of aromatic amines is 1. The summed E-state index contributed by atoms with van der Waals surface area (Å²) < 4.78 is 4.75. The Morgan fingerprint density at radius 1 is 1.47 bits per heavy atom. The summed E-state index contributed by atoms with van der Waals surface area (Å²) in [6.07, 6.45) is 0. The van der Waals surface area contributed by atoms with Crippen molar-refractivity contribution in [3.05, 3.63) is 29.8 Å². The quantitative estimate of drug-likeness (QED) is 0.728. The van der Waals surface area contributed by atoms with Gasteiger partial charge in [-0.1, -0.05) is 12.1 Å². The topological polar surface area (TPSA) is 100 Å². The number of aromatic nitrogens is 3. The lowest BCUT2D eigenvalue weighted by Crippen LogP contribution is -2.13. The van der Waals surface area contributed by atoms with Gasteiger partial charge in [-0.25, -0.2) is 5.10 Å². The molecule has 2 aromatic rings. The minimum atomic E-state index is -0.484. The van der Waals surface area contributed by atoms with Gasteiger partial charge in [-0.3, -0.25) is 10.1 Å². The van der Waals surface area contributed by atoms with Crippen LogP contribution in [0.5, 0.6) is 11.8 Å². The van der Waals surface area contributed by atoms with Crippen LogP contribution in [0.1, 0.15) is 10.4 Å². The zero-order chi connectivity index (χ0) is 12.3. The van der Waals surface area contributed by atoms with E-state index in [0.717, 1.165) is 0 Å². The first-order valence-electron chi connectivity index (χ1n) is 4.76. The summed E-state index contributed by atoms with van der Waals surface area (Å²) in [7, 11) is 1.41. The van der Waals surface area contributed by atoms with E-state index in [9.17, 15) is 9.90 Å². The van der Waals surface area contributed by atoms with Crippen LogP contribution in [0.15, 0.2) is 24.3 Å². The Morgan fingerprint density at radius 3 is 2.88 bits per heavy atom. The van der Waals surface area contributed by atoms with Gasteiger partial charge in [0.25, 0.3) is 5.91 Å². The maximum Gasteiger partial charge on any atom is 0.336 e. The number of aromatic hydroxyl groups is 1. The molecule has 1 heterocycles. The van der Waals surface area contributed by atoms with Crippen LogP contribution >= 0.6 is 0 Å². The minimum absolute atomic E-state index is 0.100. The van der Waals surface area contributed by atoms with E-state index in [2.05, 4.69) is 20.5 Å². The molecule has 1 aromatic heterocycles. The van der Waals surface area contributed by atoms with E-state index in [1.807, 2.05) is 0 Å². The number of ether oxygens (including phenoxy) is 1. The molecular weight excluding hydrogens is 224 g/mol. The Balaban J connectivity index is 2.14. The van der Waals surface area contributed by atoms with Crippen molar-refractivity contribution in [3.63, 3.8) is 0 Å². The highest BCUT2D eigenvalue weighted by Gasteiger charge is 2.12. The summed E-state index contributed by atoms with van der Waals surface area (Å²) in [4.78, 5) is 15.6. The number of hydrogen-bond acceptors (Lipinski definition) is 5. The Bertz CT molecular complexity index is 538. The average molecular weight is 234 g/mol.